The molecule has 2 fully saturated rings. The molecule has 0 bridgehead atoms. The summed E-state index contributed by atoms with van der Waals surface area (Å²) in [5, 5.41) is 6.32. The molecule has 0 spiro atoms. The van der Waals surface area contributed by atoms with E-state index in [2.05, 4.69) is 10.6 Å². The van der Waals surface area contributed by atoms with Crippen LogP contribution in [0.5, 0.6) is 0 Å². The van der Waals surface area contributed by atoms with Gasteiger partial charge in [-0.1, -0.05) is 0 Å². The van der Waals surface area contributed by atoms with Gasteiger partial charge in [0.05, 0.1) is 17.4 Å². The Kier molecular flexibility index (Phi) is 4.27. The van der Waals surface area contributed by atoms with Crippen LogP contribution in [-0.2, 0) is 14.6 Å². The summed E-state index contributed by atoms with van der Waals surface area (Å²) in [7, 11) is -2.85. The molecule has 1 amide bonds. The van der Waals surface area contributed by atoms with Crippen molar-refractivity contribution in [2.45, 2.75) is 44.7 Å². The largest absolute Gasteiger partial charge is 0.353 e. The number of carbonyl (C=O) groups is 1. The fourth-order valence-corrected chi connectivity index (χ4v) is 4.24. The van der Waals surface area contributed by atoms with E-state index in [9.17, 15) is 13.2 Å². The average Bonchev–Trinajstić information content (AvgIpc) is 2.32. The molecule has 0 aliphatic carbocycles. The molecule has 2 saturated heterocycles. The zero-order valence-corrected chi connectivity index (χ0v) is 11.6. The third-order valence-electron chi connectivity index (χ3n) is 4.00. The number of sulfone groups is 1. The molecule has 0 aromatic rings. The normalized spacial score (nSPS) is 32.9. The number of rotatable bonds is 2. The van der Waals surface area contributed by atoms with Gasteiger partial charge in [-0.2, -0.15) is 0 Å². The minimum absolute atomic E-state index is 0.0253. The predicted octanol–water partition coefficient (Wildman–Crippen LogP) is 0.0679. The van der Waals surface area contributed by atoms with Crippen LogP contribution in [0.1, 0.15) is 32.6 Å². The van der Waals surface area contributed by atoms with Gasteiger partial charge in [-0.05, 0) is 39.2 Å². The highest BCUT2D eigenvalue weighted by Gasteiger charge is 2.30. The summed E-state index contributed by atoms with van der Waals surface area (Å²) in [6.45, 7) is 3.02. The van der Waals surface area contributed by atoms with E-state index in [-0.39, 0.29) is 35.4 Å². The van der Waals surface area contributed by atoms with Gasteiger partial charge in [0.2, 0.25) is 5.91 Å². The Morgan fingerprint density at radius 3 is 2.50 bits per heavy atom. The summed E-state index contributed by atoms with van der Waals surface area (Å²) < 4.78 is 22.6. The first-order chi connectivity index (χ1) is 8.48. The van der Waals surface area contributed by atoms with Gasteiger partial charge < -0.3 is 10.6 Å². The summed E-state index contributed by atoms with van der Waals surface area (Å²) in [4.78, 5) is 12.1. The zero-order chi connectivity index (χ0) is 13.2. The van der Waals surface area contributed by atoms with Crippen LogP contribution in [0.15, 0.2) is 0 Å². The topological polar surface area (TPSA) is 75.3 Å². The minimum atomic E-state index is -2.85. The van der Waals surface area contributed by atoms with Gasteiger partial charge in [-0.15, -0.1) is 0 Å². The van der Waals surface area contributed by atoms with Crippen LogP contribution in [0, 0.1) is 5.92 Å². The molecule has 2 atom stereocenters. The van der Waals surface area contributed by atoms with E-state index in [1.165, 1.54) is 0 Å². The van der Waals surface area contributed by atoms with Crippen molar-refractivity contribution in [3.8, 4) is 0 Å². The van der Waals surface area contributed by atoms with E-state index in [0.29, 0.717) is 12.8 Å². The van der Waals surface area contributed by atoms with Crippen LogP contribution in [0.25, 0.3) is 0 Å². The summed E-state index contributed by atoms with van der Waals surface area (Å²) in [5.74, 6) is 0.517. The molecule has 2 N–H and O–H groups in total. The van der Waals surface area contributed by atoms with E-state index in [1.807, 2.05) is 6.92 Å². The molecule has 104 valence electrons. The van der Waals surface area contributed by atoms with Crippen LogP contribution in [0.3, 0.4) is 0 Å². The minimum Gasteiger partial charge on any atom is -0.353 e. The fourth-order valence-electron chi connectivity index (χ4n) is 2.74. The highest BCUT2D eigenvalue weighted by molar-refractivity contribution is 7.91. The first-order valence-corrected chi connectivity index (χ1v) is 8.54. The number of hydrogen-bond donors (Lipinski definition) is 2. The lowest BCUT2D eigenvalue weighted by Gasteiger charge is -2.31. The van der Waals surface area contributed by atoms with E-state index in [4.69, 9.17) is 0 Å². The molecule has 2 heterocycles. The van der Waals surface area contributed by atoms with Crippen molar-refractivity contribution in [2.24, 2.45) is 5.92 Å². The lowest BCUT2D eigenvalue weighted by atomic mass is 9.91. The first-order valence-electron chi connectivity index (χ1n) is 6.72. The van der Waals surface area contributed by atoms with Gasteiger partial charge in [0, 0.05) is 12.1 Å². The molecule has 2 rings (SSSR count). The second-order valence-corrected chi connectivity index (χ2v) is 7.73. The second kappa shape index (κ2) is 5.57. The zero-order valence-electron chi connectivity index (χ0n) is 10.8. The highest BCUT2D eigenvalue weighted by atomic mass is 32.2. The van der Waals surface area contributed by atoms with Crippen LogP contribution in [-0.4, -0.2) is 44.5 Å². The Morgan fingerprint density at radius 2 is 1.89 bits per heavy atom. The molecule has 5 nitrogen and oxygen atoms in total. The van der Waals surface area contributed by atoms with Gasteiger partial charge in [0.1, 0.15) is 9.84 Å². The first kappa shape index (κ1) is 13.8. The molecule has 0 saturated carbocycles. The summed E-state index contributed by atoms with van der Waals surface area (Å²) in [6.07, 6.45) is 3.07. The molecule has 2 aliphatic heterocycles. The monoisotopic (exact) mass is 274 g/mol. The molecule has 18 heavy (non-hydrogen) atoms. The van der Waals surface area contributed by atoms with Crippen LogP contribution >= 0.6 is 0 Å². The number of nitrogens with one attached hydrogen (secondary N) is 2. The van der Waals surface area contributed by atoms with Crippen molar-refractivity contribution in [1.29, 1.82) is 0 Å². The molecule has 2 unspecified atom stereocenters. The highest BCUT2D eigenvalue weighted by Crippen LogP contribution is 2.18. The van der Waals surface area contributed by atoms with Crippen molar-refractivity contribution in [2.75, 3.05) is 18.1 Å². The van der Waals surface area contributed by atoms with Crippen molar-refractivity contribution >= 4 is 15.7 Å². The van der Waals surface area contributed by atoms with E-state index in [0.717, 1.165) is 19.4 Å². The molecule has 6 heteroatoms. The quantitative estimate of drug-likeness (QED) is 0.747. The van der Waals surface area contributed by atoms with Crippen molar-refractivity contribution < 1.29 is 13.2 Å². The van der Waals surface area contributed by atoms with Gasteiger partial charge in [-0.25, -0.2) is 8.42 Å². The van der Waals surface area contributed by atoms with Gasteiger partial charge in [0.25, 0.3) is 0 Å². The Bertz CT molecular complexity index is 394. The van der Waals surface area contributed by atoms with Crippen LogP contribution in [0.2, 0.25) is 0 Å². The summed E-state index contributed by atoms with van der Waals surface area (Å²) in [6, 6.07) is 0.251. The van der Waals surface area contributed by atoms with E-state index < -0.39 is 9.84 Å². The SMILES string of the molecule is CC1NCCCC1C(=O)NC1CCS(=O)(=O)CC1. The molecule has 0 radical (unpaired) electrons. The fraction of sp³-hybridized carbons (Fsp3) is 0.917. The molecular weight excluding hydrogens is 252 g/mol. The number of piperidine rings is 1. The molecular formula is C12H22N2O3S. The Labute approximate surface area is 109 Å². The summed E-state index contributed by atoms with van der Waals surface area (Å²) in [5.41, 5.74) is 0. The Balaban J connectivity index is 1.84. The van der Waals surface area contributed by atoms with Gasteiger partial charge >= 0.3 is 0 Å². The average molecular weight is 274 g/mol. The van der Waals surface area contributed by atoms with Crippen molar-refractivity contribution in [3.05, 3.63) is 0 Å². The van der Waals surface area contributed by atoms with E-state index in [1.54, 1.807) is 0 Å². The predicted molar refractivity (Wildman–Crippen MR) is 70.0 cm³/mol. The maximum absolute atomic E-state index is 12.1. The lowest BCUT2D eigenvalue weighted by Crippen LogP contribution is -2.50. The third-order valence-corrected chi connectivity index (χ3v) is 5.71. The van der Waals surface area contributed by atoms with Gasteiger partial charge in [-0.3, -0.25) is 4.79 Å². The van der Waals surface area contributed by atoms with Gasteiger partial charge in [0.15, 0.2) is 0 Å². The smallest absolute Gasteiger partial charge is 0.224 e. The maximum atomic E-state index is 12.1. The Hall–Kier alpha value is -0.620. The lowest BCUT2D eigenvalue weighted by molar-refractivity contribution is -0.127. The summed E-state index contributed by atoms with van der Waals surface area (Å²) >= 11 is 0. The third kappa shape index (κ3) is 3.45. The van der Waals surface area contributed by atoms with E-state index >= 15 is 0 Å². The standard InChI is InChI=1S/C12H22N2O3S/c1-9-11(3-2-6-13-9)12(15)14-10-4-7-18(16,17)8-5-10/h9-11,13H,2-8H2,1H3,(H,14,15). The second-order valence-electron chi connectivity index (χ2n) is 5.43. The number of amides is 1. The van der Waals surface area contributed by atoms with Crippen LogP contribution in [0.4, 0.5) is 0 Å². The number of carbonyl (C=O) groups excluding carboxylic acids is 1. The maximum Gasteiger partial charge on any atom is 0.224 e. The molecule has 0 aromatic heterocycles. The number of hydrogen-bond acceptors (Lipinski definition) is 4. The van der Waals surface area contributed by atoms with Crippen LogP contribution < -0.4 is 10.6 Å². The molecule has 0 aromatic carbocycles. The Morgan fingerprint density at radius 1 is 1.22 bits per heavy atom. The van der Waals surface area contributed by atoms with Crippen molar-refractivity contribution in [3.63, 3.8) is 0 Å². The molecule has 2 aliphatic rings. The van der Waals surface area contributed by atoms with Crippen molar-refractivity contribution in [1.82, 2.24) is 10.6 Å².